The zero-order chi connectivity index (χ0) is 13.0. The summed E-state index contributed by atoms with van der Waals surface area (Å²) in [6.07, 6.45) is 3.11. The van der Waals surface area contributed by atoms with E-state index in [1.165, 1.54) is 6.07 Å². The van der Waals surface area contributed by atoms with Crippen molar-refractivity contribution in [1.29, 1.82) is 0 Å². The number of carbonyl (C=O) groups is 1. The molecule has 0 radical (unpaired) electrons. The van der Waals surface area contributed by atoms with Gasteiger partial charge in [0, 0.05) is 24.5 Å². The highest BCUT2D eigenvalue weighted by molar-refractivity contribution is 5.93. The molecule has 1 aromatic carbocycles. The van der Waals surface area contributed by atoms with Crippen LogP contribution in [0.1, 0.15) is 21.5 Å². The Labute approximate surface area is 105 Å². The molecular formula is C14H13FN2O. The lowest BCUT2D eigenvalue weighted by atomic mass is 10.1. The lowest BCUT2D eigenvalue weighted by Crippen LogP contribution is -2.22. The second-order valence-corrected chi connectivity index (χ2v) is 4.00. The van der Waals surface area contributed by atoms with Crippen LogP contribution >= 0.6 is 0 Å². The molecule has 0 spiro atoms. The van der Waals surface area contributed by atoms with E-state index >= 15 is 0 Å². The molecule has 0 atom stereocenters. The Morgan fingerprint density at radius 1 is 1.28 bits per heavy atom. The predicted molar refractivity (Wildman–Crippen MR) is 66.5 cm³/mol. The summed E-state index contributed by atoms with van der Waals surface area (Å²) in [5.41, 5.74) is 1.87. The molecule has 0 aliphatic carbocycles. The van der Waals surface area contributed by atoms with Crippen molar-refractivity contribution in [2.24, 2.45) is 0 Å². The topological polar surface area (TPSA) is 42.0 Å². The normalized spacial score (nSPS) is 10.1. The standard InChI is InChI=1S/C14H13FN2O/c1-10-2-3-11(8-13(10)15)9-17-14(18)12-4-6-16-7-5-12/h2-8H,9H2,1H3,(H,17,18). The molecule has 0 unspecified atom stereocenters. The van der Waals surface area contributed by atoms with Crippen molar-refractivity contribution in [2.75, 3.05) is 0 Å². The summed E-state index contributed by atoms with van der Waals surface area (Å²) in [4.78, 5) is 15.6. The molecule has 0 bridgehead atoms. The van der Waals surface area contributed by atoms with Crippen LogP contribution in [0.3, 0.4) is 0 Å². The third kappa shape index (κ3) is 2.91. The molecule has 1 heterocycles. The Morgan fingerprint density at radius 2 is 2.00 bits per heavy atom. The van der Waals surface area contributed by atoms with Gasteiger partial charge in [0.05, 0.1) is 0 Å². The van der Waals surface area contributed by atoms with E-state index in [1.54, 1.807) is 43.6 Å². The summed E-state index contributed by atoms with van der Waals surface area (Å²) in [5, 5.41) is 2.73. The lowest BCUT2D eigenvalue weighted by Gasteiger charge is -2.06. The fraction of sp³-hybridized carbons (Fsp3) is 0.143. The van der Waals surface area contributed by atoms with Crippen molar-refractivity contribution in [3.8, 4) is 0 Å². The molecule has 1 aromatic heterocycles. The maximum atomic E-state index is 13.3. The monoisotopic (exact) mass is 244 g/mol. The van der Waals surface area contributed by atoms with Crippen LogP contribution in [0.25, 0.3) is 0 Å². The minimum atomic E-state index is -0.259. The molecule has 0 fully saturated rings. The van der Waals surface area contributed by atoms with Gasteiger partial charge in [-0.15, -0.1) is 0 Å². The molecule has 92 valence electrons. The van der Waals surface area contributed by atoms with Crippen LogP contribution in [-0.2, 0) is 6.54 Å². The number of hydrogen-bond acceptors (Lipinski definition) is 2. The van der Waals surface area contributed by atoms with Crippen LogP contribution in [0.4, 0.5) is 4.39 Å². The molecule has 0 aliphatic heterocycles. The summed E-state index contributed by atoms with van der Waals surface area (Å²) in [5.74, 6) is -0.455. The molecule has 3 nitrogen and oxygen atoms in total. The molecular weight excluding hydrogens is 231 g/mol. The van der Waals surface area contributed by atoms with E-state index in [4.69, 9.17) is 0 Å². The molecule has 0 saturated carbocycles. The minimum absolute atomic E-state index is 0.196. The van der Waals surface area contributed by atoms with Gasteiger partial charge in [-0.1, -0.05) is 12.1 Å². The van der Waals surface area contributed by atoms with E-state index < -0.39 is 0 Å². The number of hydrogen-bond donors (Lipinski definition) is 1. The van der Waals surface area contributed by atoms with Crippen molar-refractivity contribution in [3.63, 3.8) is 0 Å². The number of aryl methyl sites for hydroxylation is 1. The van der Waals surface area contributed by atoms with Gasteiger partial charge >= 0.3 is 0 Å². The maximum Gasteiger partial charge on any atom is 0.251 e. The van der Waals surface area contributed by atoms with Crippen LogP contribution in [0.5, 0.6) is 0 Å². The molecule has 18 heavy (non-hydrogen) atoms. The van der Waals surface area contributed by atoms with Crippen molar-refractivity contribution < 1.29 is 9.18 Å². The lowest BCUT2D eigenvalue weighted by molar-refractivity contribution is 0.0950. The fourth-order valence-corrected chi connectivity index (χ4v) is 1.53. The maximum absolute atomic E-state index is 13.3. The van der Waals surface area contributed by atoms with E-state index in [0.717, 1.165) is 5.56 Å². The minimum Gasteiger partial charge on any atom is -0.348 e. The first-order valence-electron chi connectivity index (χ1n) is 5.60. The summed E-state index contributed by atoms with van der Waals surface area (Å²) in [6.45, 7) is 2.01. The molecule has 1 amide bonds. The third-order valence-electron chi connectivity index (χ3n) is 2.63. The number of nitrogens with one attached hydrogen (secondary N) is 1. The fourth-order valence-electron chi connectivity index (χ4n) is 1.53. The molecule has 2 rings (SSSR count). The quantitative estimate of drug-likeness (QED) is 0.901. The Morgan fingerprint density at radius 3 is 2.67 bits per heavy atom. The Kier molecular flexibility index (Phi) is 3.67. The molecule has 4 heteroatoms. The average molecular weight is 244 g/mol. The molecule has 0 saturated heterocycles. The summed E-state index contributed by atoms with van der Waals surface area (Å²) >= 11 is 0. The first kappa shape index (κ1) is 12.2. The predicted octanol–water partition coefficient (Wildman–Crippen LogP) is 2.46. The van der Waals surface area contributed by atoms with E-state index in [1.807, 2.05) is 0 Å². The van der Waals surface area contributed by atoms with E-state index in [9.17, 15) is 9.18 Å². The van der Waals surface area contributed by atoms with Crippen LogP contribution in [0.15, 0.2) is 42.7 Å². The zero-order valence-corrected chi connectivity index (χ0v) is 9.98. The average Bonchev–Trinajstić information content (AvgIpc) is 2.41. The number of rotatable bonds is 3. The second kappa shape index (κ2) is 5.40. The Hall–Kier alpha value is -2.23. The highest BCUT2D eigenvalue weighted by Gasteiger charge is 2.05. The van der Waals surface area contributed by atoms with Crippen molar-refractivity contribution >= 4 is 5.91 Å². The first-order valence-corrected chi connectivity index (χ1v) is 5.60. The summed E-state index contributed by atoms with van der Waals surface area (Å²) in [6, 6.07) is 8.19. The van der Waals surface area contributed by atoms with Gasteiger partial charge < -0.3 is 5.32 Å². The van der Waals surface area contributed by atoms with Gasteiger partial charge in [0.25, 0.3) is 5.91 Å². The van der Waals surface area contributed by atoms with Gasteiger partial charge in [-0.3, -0.25) is 9.78 Å². The van der Waals surface area contributed by atoms with Gasteiger partial charge in [0.2, 0.25) is 0 Å². The van der Waals surface area contributed by atoms with Gasteiger partial charge in [-0.05, 0) is 36.2 Å². The number of nitrogens with zero attached hydrogens (tertiary/aromatic N) is 1. The van der Waals surface area contributed by atoms with Crippen LogP contribution in [0.2, 0.25) is 0 Å². The van der Waals surface area contributed by atoms with Gasteiger partial charge in [-0.2, -0.15) is 0 Å². The van der Waals surface area contributed by atoms with Crippen molar-refractivity contribution in [2.45, 2.75) is 13.5 Å². The number of aromatic nitrogens is 1. The van der Waals surface area contributed by atoms with E-state index in [-0.39, 0.29) is 11.7 Å². The highest BCUT2D eigenvalue weighted by Crippen LogP contribution is 2.09. The van der Waals surface area contributed by atoms with Gasteiger partial charge in [-0.25, -0.2) is 4.39 Å². The number of pyridine rings is 1. The number of amides is 1. The molecule has 2 aromatic rings. The van der Waals surface area contributed by atoms with Crippen LogP contribution in [-0.4, -0.2) is 10.9 Å². The van der Waals surface area contributed by atoms with Gasteiger partial charge in [0.15, 0.2) is 0 Å². The second-order valence-electron chi connectivity index (χ2n) is 4.00. The number of carbonyl (C=O) groups excluding carboxylic acids is 1. The SMILES string of the molecule is Cc1ccc(CNC(=O)c2ccncc2)cc1F. The summed E-state index contributed by atoms with van der Waals surface area (Å²) in [7, 11) is 0. The van der Waals surface area contributed by atoms with E-state index in [0.29, 0.717) is 17.7 Å². The molecule has 0 aliphatic rings. The number of benzene rings is 1. The zero-order valence-electron chi connectivity index (χ0n) is 9.98. The molecule has 1 N–H and O–H groups in total. The Balaban J connectivity index is 1.99. The van der Waals surface area contributed by atoms with Gasteiger partial charge in [0.1, 0.15) is 5.82 Å². The third-order valence-corrected chi connectivity index (χ3v) is 2.63. The largest absolute Gasteiger partial charge is 0.348 e. The van der Waals surface area contributed by atoms with E-state index in [2.05, 4.69) is 10.3 Å². The Bertz CT molecular complexity index is 555. The first-order chi connectivity index (χ1) is 8.66. The van der Waals surface area contributed by atoms with Crippen LogP contribution < -0.4 is 5.32 Å². The van der Waals surface area contributed by atoms with Crippen molar-refractivity contribution in [3.05, 3.63) is 65.2 Å². The smallest absolute Gasteiger partial charge is 0.251 e. The summed E-state index contributed by atoms with van der Waals surface area (Å²) < 4.78 is 13.3. The highest BCUT2D eigenvalue weighted by atomic mass is 19.1. The van der Waals surface area contributed by atoms with Crippen molar-refractivity contribution in [1.82, 2.24) is 10.3 Å². The number of halogens is 1. The van der Waals surface area contributed by atoms with Crippen LogP contribution in [0, 0.1) is 12.7 Å².